The average Bonchev–Trinajstić information content (AvgIpc) is 2.06. The summed E-state index contributed by atoms with van der Waals surface area (Å²) in [5, 5.41) is 2.27. The van der Waals surface area contributed by atoms with E-state index in [-0.39, 0.29) is 7.43 Å². The molecule has 114 valence electrons. The first-order valence-electron chi connectivity index (χ1n) is 4.53. The Morgan fingerprint density at radius 1 is 0.789 bits per heavy atom. The number of carbonyl (C=O) groups excluding carboxylic acids is 2. The first-order chi connectivity index (χ1) is 7.85. The number of alkyl halides is 6. The lowest BCUT2D eigenvalue weighted by Gasteiger charge is -2.31. The molecule has 0 aliphatic carbocycles. The zero-order chi connectivity index (χ0) is 14.7. The third-order valence-corrected chi connectivity index (χ3v) is 1.76. The number of nitrogens with one attached hydrogen (secondary N) is 2. The number of rotatable bonds is 3. The van der Waals surface area contributed by atoms with Gasteiger partial charge in [0.1, 0.15) is 0 Å². The molecule has 0 aromatic rings. The highest BCUT2D eigenvalue weighted by Gasteiger charge is 2.56. The topological polar surface area (TPSA) is 58.2 Å². The van der Waals surface area contributed by atoms with Crippen LogP contribution in [0.1, 0.15) is 21.3 Å². The van der Waals surface area contributed by atoms with Crippen LogP contribution in [0.4, 0.5) is 26.3 Å². The predicted octanol–water partition coefficient (Wildman–Crippen LogP) is 1.76. The number of hydrogen-bond acceptors (Lipinski definition) is 2. The van der Waals surface area contributed by atoms with Crippen molar-refractivity contribution in [3.63, 3.8) is 0 Å². The van der Waals surface area contributed by atoms with Crippen LogP contribution in [-0.4, -0.2) is 36.3 Å². The standard InChI is InChI=1S/C8H10F6N2O2.CH4/c1-3(17)15-5(7(9,10)11)6(8(12,13)14)16-4(2)18;/h5-6H,1-2H3,(H,15,17)(H,16,18);1H4. The van der Waals surface area contributed by atoms with Crippen LogP contribution in [0.2, 0.25) is 0 Å². The molecule has 0 aromatic heterocycles. The number of amides is 2. The molecule has 0 aliphatic heterocycles. The van der Waals surface area contributed by atoms with Gasteiger partial charge in [-0.05, 0) is 0 Å². The molecule has 0 fully saturated rings. The maximum absolute atomic E-state index is 12.4. The Morgan fingerprint density at radius 2 is 1.00 bits per heavy atom. The fraction of sp³-hybridized carbons (Fsp3) is 0.778. The summed E-state index contributed by atoms with van der Waals surface area (Å²) < 4.78 is 74.7. The van der Waals surface area contributed by atoms with Crippen LogP contribution in [0.3, 0.4) is 0 Å². The number of halogens is 6. The van der Waals surface area contributed by atoms with Crippen LogP contribution >= 0.6 is 0 Å². The highest BCUT2D eigenvalue weighted by molar-refractivity contribution is 5.75. The fourth-order valence-electron chi connectivity index (χ4n) is 1.15. The van der Waals surface area contributed by atoms with Gasteiger partial charge in [0.05, 0.1) is 0 Å². The summed E-state index contributed by atoms with van der Waals surface area (Å²) in [5.41, 5.74) is 0. The third-order valence-electron chi connectivity index (χ3n) is 1.76. The highest BCUT2D eigenvalue weighted by atomic mass is 19.4. The van der Waals surface area contributed by atoms with E-state index in [4.69, 9.17) is 0 Å². The Hall–Kier alpha value is -1.48. The van der Waals surface area contributed by atoms with Gasteiger partial charge in [0.15, 0.2) is 12.1 Å². The molecule has 2 amide bonds. The Morgan fingerprint density at radius 3 is 1.11 bits per heavy atom. The molecule has 0 spiro atoms. The maximum Gasteiger partial charge on any atom is 0.410 e. The van der Waals surface area contributed by atoms with Crippen molar-refractivity contribution in [3.8, 4) is 0 Å². The molecule has 2 atom stereocenters. The minimum Gasteiger partial charge on any atom is -0.343 e. The van der Waals surface area contributed by atoms with E-state index in [9.17, 15) is 35.9 Å². The molecular weight excluding hydrogens is 282 g/mol. The molecule has 0 aliphatic rings. The summed E-state index contributed by atoms with van der Waals surface area (Å²) in [7, 11) is 0. The van der Waals surface area contributed by atoms with E-state index in [1.807, 2.05) is 0 Å². The molecule has 2 N–H and O–H groups in total. The normalized spacial score (nSPS) is 14.9. The first-order valence-corrected chi connectivity index (χ1v) is 4.53. The first kappa shape index (κ1) is 19.9. The van der Waals surface area contributed by atoms with E-state index in [1.165, 1.54) is 0 Å². The van der Waals surface area contributed by atoms with Gasteiger partial charge in [-0.15, -0.1) is 0 Å². The van der Waals surface area contributed by atoms with Crippen molar-refractivity contribution in [1.82, 2.24) is 10.6 Å². The van der Waals surface area contributed by atoms with Crippen molar-refractivity contribution < 1.29 is 35.9 Å². The van der Waals surface area contributed by atoms with Gasteiger partial charge in [0, 0.05) is 13.8 Å². The second-order valence-corrected chi connectivity index (χ2v) is 3.44. The molecule has 2 unspecified atom stereocenters. The van der Waals surface area contributed by atoms with E-state index < -0.39 is 36.3 Å². The summed E-state index contributed by atoms with van der Waals surface area (Å²) >= 11 is 0. The van der Waals surface area contributed by atoms with Crippen molar-refractivity contribution in [2.45, 2.75) is 45.7 Å². The van der Waals surface area contributed by atoms with Gasteiger partial charge in [-0.1, -0.05) is 7.43 Å². The number of hydrogen-bond donors (Lipinski definition) is 2. The molecule has 0 aromatic carbocycles. The lowest BCUT2D eigenvalue weighted by Crippen LogP contribution is -2.63. The molecule has 0 saturated heterocycles. The molecule has 0 radical (unpaired) electrons. The van der Waals surface area contributed by atoms with Crippen LogP contribution < -0.4 is 10.6 Å². The quantitative estimate of drug-likeness (QED) is 0.780. The average molecular weight is 296 g/mol. The summed E-state index contributed by atoms with van der Waals surface area (Å²) in [4.78, 5) is 21.1. The van der Waals surface area contributed by atoms with E-state index in [2.05, 4.69) is 0 Å². The Balaban J connectivity index is 0. The lowest BCUT2D eigenvalue weighted by atomic mass is 10.1. The fourth-order valence-corrected chi connectivity index (χ4v) is 1.15. The smallest absolute Gasteiger partial charge is 0.343 e. The molecular formula is C9H14F6N2O2. The second-order valence-electron chi connectivity index (χ2n) is 3.44. The van der Waals surface area contributed by atoms with E-state index in [0.29, 0.717) is 13.8 Å². The lowest BCUT2D eigenvalue weighted by molar-refractivity contribution is -0.218. The van der Waals surface area contributed by atoms with E-state index in [0.717, 1.165) is 10.6 Å². The van der Waals surface area contributed by atoms with E-state index in [1.54, 1.807) is 0 Å². The summed E-state index contributed by atoms with van der Waals surface area (Å²) in [6.07, 6.45) is -10.7. The predicted molar refractivity (Wildman–Crippen MR) is 54.1 cm³/mol. The summed E-state index contributed by atoms with van der Waals surface area (Å²) in [5.74, 6) is -2.59. The van der Waals surface area contributed by atoms with Crippen molar-refractivity contribution in [1.29, 1.82) is 0 Å². The van der Waals surface area contributed by atoms with Gasteiger partial charge in [-0.2, -0.15) is 26.3 Å². The molecule has 19 heavy (non-hydrogen) atoms. The van der Waals surface area contributed by atoms with Crippen molar-refractivity contribution in [2.24, 2.45) is 0 Å². The van der Waals surface area contributed by atoms with Crippen LogP contribution in [0.5, 0.6) is 0 Å². The maximum atomic E-state index is 12.4. The summed E-state index contributed by atoms with van der Waals surface area (Å²) in [6.45, 7) is 1.28. The molecule has 0 rings (SSSR count). The van der Waals surface area contributed by atoms with Gasteiger partial charge in [-0.25, -0.2) is 0 Å². The van der Waals surface area contributed by atoms with Gasteiger partial charge >= 0.3 is 12.4 Å². The van der Waals surface area contributed by atoms with Gasteiger partial charge in [0.2, 0.25) is 11.8 Å². The SMILES string of the molecule is C.CC(=O)NC(C(NC(C)=O)C(F)(F)F)C(F)(F)F. The second kappa shape index (κ2) is 6.62. The van der Waals surface area contributed by atoms with E-state index >= 15 is 0 Å². The van der Waals surface area contributed by atoms with Crippen molar-refractivity contribution in [3.05, 3.63) is 0 Å². The van der Waals surface area contributed by atoms with Gasteiger partial charge in [0.25, 0.3) is 0 Å². The van der Waals surface area contributed by atoms with Crippen LogP contribution in [-0.2, 0) is 9.59 Å². The minimum absolute atomic E-state index is 0. The Labute approximate surface area is 105 Å². The molecule has 0 saturated carbocycles. The molecule has 0 heterocycles. The number of carbonyl (C=O) groups is 2. The monoisotopic (exact) mass is 296 g/mol. The van der Waals surface area contributed by atoms with Crippen LogP contribution in [0.15, 0.2) is 0 Å². The summed E-state index contributed by atoms with van der Waals surface area (Å²) in [6, 6.07) is -6.47. The van der Waals surface area contributed by atoms with Crippen molar-refractivity contribution in [2.75, 3.05) is 0 Å². The van der Waals surface area contributed by atoms with Gasteiger partial charge < -0.3 is 10.6 Å². The van der Waals surface area contributed by atoms with Crippen molar-refractivity contribution >= 4 is 11.8 Å². The van der Waals surface area contributed by atoms with Gasteiger partial charge in [-0.3, -0.25) is 9.59 Å². The molecule has 4 nitrogen and oxygen atoms in total. The third kappa shape index (κ3) is 6.87. The van der Waals surface area contributed by atoms with Crippen LogP contribution in [0, 0.1) is 0 Å². The Bertz CT molecular complexity index is 294. The highest BCUT2D eigenvalue weighted by Crippen LogP contribution is 2.31. The molecule has 10 heteroatoms. The van der Waals surface area contributed by atoms with Crippen LogP contribution in [0.25, 0.3) is 0 Å². The zero-order valence-electron chi connectivity index (χ0n) is 9.24. The minimum atomic E-state index is -5.35. The zero-order valence-corrected chi connectivity index (χ0v) is 9.24. The Kier molecular flexibility index (Phi) is 6.91. The largest absolute Gasteiger partial charge is 0.410 e. The molecule has 0 bridgehead atoms.